The highest BCUT2D eigenvalue weighted by atomic mass is 15.1. The van der Waals surface area contributed by atoms with Crippen molar-refractivity contribution >= 4 is 0 Å². The molecule has 0 spiro atoms. The van der Waals surface area contributed by atoms with Gasteiger partial charge < -0.3 is 10.6 Å². The summed E-state index contributed by atoms with van der Waals surface area (Å²) >= 11 is 0. The highest BCUT2D eigenvalue weighted by Gasteiger charge is 2.21. The number of hydrogen-bond acceptors (Lipinski definition) is 2. The van der Waals surface area contributed by atoms with Crippen LogP contribution in [-0.4, -0.2) is 31.1 Å². The lowest BCUT2D eigenvalue weighted by Gasteiger charge is -2.27. The molecule has 2 atom stereocenters. The van der Waals surface area contributed by atoms with Crippen LogP contribution >= 0.6 is 0 Å². The van der Waals surface area contributed by atoms with E-state index in [-0.39, 0.29) is 0 Å². The number of unbranched alkanes of at least 4 members (excludes halogenated alkanes) is 1. The Morgan fingerprint density at radius 1 is 1.20 bits per heavy atom. The number of nitrogens with two attached hydrogens (primary N) is 1. The van der Waals surface area contributed by atoms with Gasteiger partial charge in [0.15, 0.2) is 0 Å². The molecule has 2 unspecified atom stereocenters. The largest absolute Gasteiger partial charge is 0.327 e. The van der Waals surface area contributed by atoms with Crippen LogP contribution in [0, 0.1) is 5.92 Å². The molecule has 1 saturated carbocycles. The minimum absolute atomic E-state index is 0.455. The van der Waals surface area contributed by atoms with Gasteiger partial charge in [0.05, 0.1) is 0 Å². The van der Waals surface area contributed by atoms with E-state index in [1.165, 1.54) is 58.0 Å². The van der Waals surface area contributed by atoms with Crippen LogP contribution in [0.3, 0.4) is 0 Å². The van der Waals surface area contributed by atoms with Gasteiger partial charge in [0.2, 0.25) is 0 Å². The van der Waals surface area contributed by atoms with Crippen molar-refractivity contribution in [2.75, 3.05) is 20.1 Å². The molecule has 0 aliphatic heterocycles. The van der Waals surface area contributed by atoms with Crippen LogP contribution in [0.5, 0.6) is 0 Å². The Morgan fingerprint density at radius 3 is 2.67 bits per heavy atom. The fraction of sp³-hybridized carbons (Fsp3) is 1.00. The van der Waals surface area contributed by atoms with Crippen molar-refractivity contribution in [2.24, 2.45) is 11.7 Å². The first kappa shape index (κ1) is 13.0. The Bertz CT molecular complexity index is 159. The van der Waals surface area contributed by atoms with Crippen LogP contribution in [0.2, 0.25) is 0 Å². The lowest BCUT2D eigenvalue weighted by molar-refractivity contribution is 0.240. The van der Waals surface area contributed by atoms with Crippen LogP contribution < -0.4 is 5.73 Å². The molecule has 1 rings (SSSR count). The van der Waals surface area contributed by atoms with Gasteiger partial charge in [0.1, 0.15) is 0 Å². The molecule has 0 radical (unpaired) electrons. The molecule has 1 aliphatic carbocycles. The van der Waals surface area contributed by atoms with E-state index in [0.29, 0.717) is 6.04 Å². The van der Waals surface area contributed by atoms with Crippen LogP contribution in [0.25, 0.3) is 0 Å². The molecule has 0 amide bonds. The molecule has 0 aromatic rings. The first-order valence-electron chi connectivity index (χ1n) is 6.68. The molecule has 2 heteroatoms. The summed E-state index contributed by atoms with van der Waals surface area (Å²) in [5.41, 5.74) is 6.23. The van der Waals surface area contributed by atoms with Crippen LogP contribution in [0.15, 0.2) is 0 Å². The van der Waals surface area contributed by atoms with Crippen molar-refractivity contribution in [3.63, 3.8) is 0 Å². The van der Waals surface area contributed by atoms with E-state index >= 15 is 0 Å². The molecule has 0 aromatic heterocycles. The second-order valence-electron chi connectivity index (χ2n) is 5.18. The van der Waals surface area contributed by atoms with Crippen molar-refractivity contribution in [3.05, 3.63) is 0 Å². The minimum Gasteiger partial charge on any atom is -0.327 e. The molecule has 2 nitrogen and oxygen atoms in total. The predicted molar refractivity (Wildman–Crippen MR) is 67.0 cm³/mol. The van der Waals surface area contributed by atoms with Gasteiger partial charge in [-0.25, -0.2) is 0 Å². The Labute approximate surface area is 95.2 Å². The number of hydrogen-bond donors (Lipinski definition) is 1. The van der Waals surface area contributed by atoms with Gasteiger partial charge >= 0.3 is 0 Å². The molecule has 2 N–H and O–H groups in total. The minimum atomic E-state index is 0.455. The maximum atomic E-state index is 6.23. The van der Waals surface area contributed by atoms with Crippen molar-refractivity contribution < 1.29 is 0 Å². The normalized spacial score (nSPS) is 28.0. The molecule has 1 aliphatic rings. The Balaban J connectivity index is 2.27. The van der Waals surface area contributed by atoms with Crippen molar-refractivity contribution in [1.29, 1.82) is 0 Å². The van der Waals surface area contributed by atoms with Crippen molar-refractivity contribution in [2.45, 2.75) is 57.9 Å². The van der Waals surface area contributed by atoms with Gasteiger partial charge in [-0.1, -0.05) is 32.6 Å². The summed E-state index contributed by atoms with van der Waals surface area (Å²) in [5.74, 6) is 0.745. The highest BCUT2D eigenvalue weighted by molar-refractivity contribution is 4.78. The van der Waals surface area contributed by atoms with Gasteiger partial charge in [-0.15, -0.1) is 0 Å². The molecule has 90 valence electrons. The monoisotopic (exact) mass is 212 g/mol. The molecular formula is C13H28N2. The molecule has 0 saturated heterocycles. The Morgan fingerprint density at radius 2 is 1.93 bits per heavy atom. The zero-order valence-corrected chi connectivity index (χ0v) is 10.5. The second kappa shape index (κ2) is 7.24. The SMILES string of the molecule is CCCCN(C)CC1CCCCCC1N. The zero-order chi connectivity index (χ0) is 11.1. The topological polar surface area (TPSA) is 29.3 Å². The fourth-order valence-electron chi connectivity index (χ4n) is 2.56. The molecule has 0 heterocycles. The van der Waals surface area contributed by atoms with E-state index in [0.717, 1.165) is 5.92 Å². The van der Waals surface area contributed by atoms with E-state index in [4.69, 9.17) is 5.73 Å². The zero-order valence-electron chi connectivity index (χ0n) is 10.5. The lowest BCUT2D eigenvalue weighted by Crippen LogP contribution is -2.37. The fourth-order valence-corrected chi connectivity index (χ4v) is 2.56. The van der Waals surface area contributed by atoms with E-state index in [9.17, 15) is 0 Å². The third kappa shape index (κ3) is 4.98. The Hall–Kier alpha value is -0.0800. The van der Waals surface area contributed by atoms with Crippen LogP contribution in [0.1, 0.15) is 51.9 Å². The van der Waals surface area contributed by atoms with Crippen LogP contribution in [0.4, 0.5) is 0 Å². The maximum absolute atomic E-state index is 6.23. The average Bonchev–Trinajstić information content (AvgIpc) is 2.42. The summed E-state index contributed by atoms with van der Waals surface area (Å²) in [6.07, 6.45) is 9.32. The van der Waals surface area contributed by atoms with Crippen LogP contribution in [-0.2, 0) is 0 Å². The first-order chi connectivity index (χ1) is 7.24. The third-order valence-corrected chi connectivity index (χ3v) is 3.66. The summed E-state index contributed by atoms with van der Waals surface area (Å²) in [4.78, 5) is 2.47. The number of nitrogens with zero attached hydrogens (tertiary/aromatic N) is 1. The smallest absolute Gasteiger partial charge is 0.00793 e. The molecule has 1 fully saturated rings. The van der Waals surface area contributed by atoms with E-state index < -0.39 is 0 Å². The lowest BCUT2D eigenvalue weighted by atomic mass is 9.95. The summed E-state index contributed by atoms with van der Waals surface area (Å²) in [5, 5.41) is 0. The quantitative estimate of drug-likeness (QED) is 0.710. The summed E-state index contributed by atoms with van der Waals surface area (Å²) < 4.78 is 0. The number of rotatable bonds is 5. The average molecular weight is 212 g/mol. The summed E-state index contributed by atoms with van der Waals surface area (Å²) in [6, 6.07) is 0.455. The first-order valence-corrected chi connectivity index (χ1v) is 6.68. The highest BCUT2D eigenvalue weighted by Crippen LogP contribution is 2.22. The summed E-state index contributed by atoms with van der Waals surface area (Å²) in [6.45, 7) is 4.70. The molecule has 0 bridgehead atoms. The van der Waals surface area contributed by atoms with Gasteiger partial charge in [0, 0.05) is 12.6 Å². The van der Waals surface area contributed by atoms with Gasteiger partial charge in [0.25, 0.3) is 0 Å². The van der Waals surface area contributed by atoms with E-state index in [1.807, 2.05) is 0 Å². The second-order valence-corrected chi connectivity index (χ2v) is 5.18. The molecule has 15 heavy (non-hydrogen) atoms. The van der Waals surface area contributed by atoms with Gasteiger partial charge in [-0.05, 0) is 38.8 Å². The molecule has 0 aromatic carbocycles. The van der Waals surface area contributed by atoms with E-state index in [2.05, 4.69) is 18.9 Å². The third-order valence-electron chi connectivity index (χ3n) is 3.66. The molecular weight excluding hydrogens is 184 g/mol. The van der Waals surface area contributed by atoms with E-state index in [1.54, 1.807) is 0 Å². The predicted octanol–water partition coefficient (Wildman–Crippen LogP) is 2.63. The standard InChI is InChI=1S/C13H28N2/c1-3-4-10-15(2)11-12-8-6-5-7-9-13(12)14/h12-13H,3-11,14H2,1-2H3. The Kier molecular flexibility index (Phi) is 6.26. The maximum Gasteiger partial charge on any atom is 0.00793 e. The van der Waals surface area contributed by atoms with Gasteiger partial charge in [-0.3, -0.25) is 0 Å². The van der Waals surface area contributed by atoms with Gasteiger partial charge in [-0.2, -0.15) is 0 Å². The van der Waals surface area contributed by atoms with Crippen molar-refractivity contribution in [1.82, 2.24) is 4.90 Å². The van der Waals surface area contributed by atoms with Crippen molar-refractivity contribution in [3.8, 4) is 0 Å². The summed E-state index contributed by atoms with van der Waals surface area (Å²) in [7, 11) is 2.24.